The molecule has 1 atom stereocenters. The van der Waals surface area contributed by atoms with Crippen LogP contribution in [0.3, 0.4) is 0 Å². The van der Waals surface area contributed by atoms with Gasteiger partial charge in [0.1, 0.15) is 5.60 Å². The average molecular weight is 335 g/mol. The van der Waals surface area contributed by atoms with Crippen LogP contribution in [0.25, 0.3) is 0 Å². The Morgan fingerprint density at radius 3 is 2.30 bits per heavy atom. The third kappa shape index (κ3) is 3.99. The van der Waals surface area contributed by atoms with Crippen LogP contribution in [0.4, 0.5) is 4.79 Å². The van der Waals surface area contributed by atoms with Gasteiger partial charge in [0, 0.05) is 5.56 Å². The van der Waals surface area contributed by atoms with Crippen LogP contribution < -0.4 is 5.32 Å². The lowest BCUT2D eigenvalue weighted by Gasteiger charge is -2.33. The van der Waals surface area contributed by atoms with Crippen LogP contribution >= 0.6 is 11.3 Å². The maximum Gasteiger partial charge on any atom is 0.408 e. The largest absolute Gasteiger partial charge is 0.467 e. The second-order valence-electron chi connectivity index (χ2n) is 5.63. The summed E-state index contributed by atoms with van der Waals surface area (Å²) in [6, 6.07) is 5.02. The van der Waals surface area contributed by atoms with Crippen molar-refractivity contribution < 1.29 is 19.1 Å². The molecule has 122 valence electrons. The molecule has 0 spiro atoms. The van der Waals surface area contributed by atoms with Crippen LogP contribution in [0.2, 0.25) is 0 Å². The Morgan fingerprint density at radius 1 is 1.30 bits per heavy atom. The number of carbonyl (C=O) groups is 2. The maximum atomic E-state index is 12.4. The minimum atomic E-state index is -1.96. The fraction of sp³-hybridized carbons (Fsp3) is 0.467. The second kappa shape index (κ2) is 7.12. The van der Waals surface area contributed by atoms with Crippen LogP contribution in [0, 0.1) is 28.6 Å². The molecule has 0 aliphatic carbocycles. The SMILES string of the molecule is COC(=O)[C@@](NC(=O)OC(C)(C)C)(c1ccsc1)C(C#N)C#N. The van der Waals surface area contributed by atoms with Gasteiger partial charge < -0.3 is 9.47 Å². The van der Waals surface area contributed by atoms with Crippen molar-refractivity contribution in [2.24, 2.45) is 5.92 Å². The fourth-order valence-electron chi connectivity index (χ4n) is 1.93. The number of thiophene rings is 1. The van der Waals surface area contributed by atoms with E-state index in [4.69, 9.17) is 9.47 Å². The minimum Gasteiger partial charge on any atom is -0.467 e. The Kier molecular flexibility index (Phi) is 5.72. The lowest BCUT2D eigenvalue weighted by molar-refractivity contribution is -0.150. The molecular weight excluding hydrogens is 318 g/mol. The van der Waals surface area contributed by atoms with E-state index in [0.717, 1.165) is 7.11 Å². The monoisotopic (exact) mass is 335 g/mol. The normalized spacial score (nSPS) is 13.3. The van der Waals surface area contributed by atoms with E-state index in [9.17, 15) is 20.1 Å². The Balaban J connectivity index is 3.41. The van der Waals surface area contributed by atoms with Crippen molar-refractivity contribution in [3.05, 3.63) is 22.4 Å². The topological polar surface area (TPSA) is 112 Å². The zero-order valence-electron chi connectivity index (χ0n) is 13.2. The van der Waals surface area contributed by atoms with Crippen LogP contribution in [-0.4, -0.2) is 24.8 Å². The van der Waals surface area contributed by atoms with Crippen LogP contribution in [0.1, 0.15) is 26.3 Å². The number of hydrogen-bond donors (Lipinski definition) is 1. The smallest absolute Gasteiger partial charge is 0.408 e. The van der Waals surface area contributed by atoms with Gasteiger partial charge in [-0.15, -0.1) is 0 Å². The molecule has 0 radical (unpaired) electrons. The molecule has 1 rings (SSSR count). The number of methoxy groups -OCH3 is 1. The predicted molar refractivity (Wildman–Crippen MR) is 82.1 cm³/mol. The van der Waals surface area contributed by atoms with E-state index < -0.39 is 29.1 Å². The molecule has 1 aromatic heterocycles. The van der Waals surface area contributed by atoms with Crippen molar-refractivity contribution >= 4 is 23.4 Å². The summed E-state index contributed by atoms with van der Waals surface area (Å²) >= 11 is 1.25. The first kappa shape index (κ1) is 18.5. The number of carbonyl (C=O) groups excluding carboxylic acids is 2. The third-order valence-corrected chi connectivity index (χ3v) is 3.56. The maximum absolute atomic E-state index is 12.4. The standard InChI is InChI=1S/C15H17N3O4S/c1-14(2,3)22-13(20)18-15(12(19)21-4,11(7-16)8-17)10-5-6-23-9-10/h5-6,9,11H,1-4H3,(H,18,20)/t15-/m1/s1. The lowest BCUT2D eigenvalue weighted by atomic mass is 9.80. The number of amides is 1. The zero-order chi connectivity index (χ0) is 17.7. The van der Waals surface area contributed by atoms with Gasteiger partial charge in [-0.05, 0) is 37.6 Å². The molecule has 0 fully saturated rings. The number of nitrogens with one attached hydrogen (secondary N) is 1. The van der Waals surface area contributed by atoms with Gasteiger partial charge >= 0.3 is 12.1 Å². The van der Waals surface area contributed by atoms with Crippen molar-refractivity contribution in [2.75, 3.05) is 7.11 Å². The zero-order valence-corrected chi connectivity index (χ0v) is 14.1. The minimum absolute atomic E-state index is 0.285. The van der Waals surface area contributed by atoms with Gasteiger partial charge in [0.2, 0.25) is 0 Å². The molecular formula is C15H17N3O4S. The molecule has 0 saturated carbocycles. The molecule has 0 saturated heterocycles. The summed E-state index contributed by atoms with van der Waals surface area (Å²) in [5, 5.41) is 24.2. The van der Waals surface area contributed by atoms with Crippen molar-refractivity contribution in [3.8, 4) is 12.1 Å². The molecule has 1 amide bonds. The first-order chi connectivity index (χ1) is 10.7. The van der Waals surface area contributed by atoms with E-state index in [-0.39, 0.29) is 5.56 Å². The van der Waals surface area contributed by atoms with Crippen LogP contribution in [-0.2, 0) is 19.8 Å². The fourth-order valence-corrected chi connectivity index (χ4v) is 2.65. The number of esters is 1. The van der Waals surface area contributed by atoms with Crippen molar-refractivity contribution in [1.29, 1.82) is 10.5 Å². The molecule has 23 heavy (non-hydrogen) atoms. The highest BCUT2D eigenvalue weighted by atomic mass is 32.1. The molecule has 1 aromatic rings. The summed E-state index contributed by atoms with van der Waals surface area (Å²) in [5.41, 5.74) is -2.48. The number of ether oxygens (including phenoxy) is 2. The van der Waals surface area contributed by atoms with E-state index in [2.05, 4.69) is 5.32 Å². The number of hydrogen-bond acceptors (Lipinski definition) is 7. The molecule has 7 nitrogen and oxygen atoms in total. The van der Waals surface area contributed by atoms with E-state index >= 15 is 0 Å². The highest BCUT2D eigenvalue weighted by Crippen LogP contribution is 2.33. The summed E-state index contributed by atoms with van der Waals surface area (Å²) in [7, 11) is 1.12. The highest BCUT2D eigenvalue weighted by Gasteiger charge is 2.52. The van der Waals surface area contributed by atoms with Crippen LogP contribution in [0.15, 0.2) is 16.8 Å². The summed E-state index contributed by atoms with van der Waals surface area (Å²) in [5.74, 6) is -2.41. The van der Waals surface area contributed by atoms with Gasteiger partial charge in [0.15, 0.2) is 11.5 Å². The predicted octanol–water partition coefficient (Wildman–Crippen LogP) is 2.30. The van der Waals surface area contributed by atoms with E-state index in [1.807, 2.05) is 0 Å². The quantitative estimate of drug-likeness (QED) is 0.845. The van der Waals surface area contributed by atoms with Gasteiger partial charge in [-0.2, -0.15) is 21.9 Å². The lowest BCUT2D eigenvalue weighted by Crippen LogP contribution is -2.57. The molecule has 8 heteroatoms. The Labute approximate surface area is 138 Å². The molecule has 0 aliphatic rings. The summed E-state index contributed by atoms with van der Waals surface area (Å²) in [6.07, 6.45) is -0.926. The number of nitrogens with zero attached hydrogens (tertiary/aromatic N) is 2. The van der Waals surface area contributed by atoms with Gasteiger partial charge in [-0.25, -0.2) is 9.59 Å². The molecule has 0 aromatic carbocycles. The molecule has 1 heterocycles. The van der Waals surface area contributed by atoms with Crippen molar-refractivity contribution in [2.45, 2.75) is 31.9 Å². The van der Waals surface area contributed by atoms with Crippen LogP contribution in [0.5, 0.6) is 0 Å². The Hall–Kier alpha value is -2.58. The third-order valence-electron chi connectivity index (χ3n) is 2.87. The first-order valence-electron chi connectivity index (χ1n) is 6.62. The van der Waals surface area contributed by atoms with Crippen molar-refractivity contribution in [1.82, 2.24) is 5.32 Å². The summed E-state index contributed by atoms with van der Waals surface area (Å²) in [4.78, 5) is 24.6. The van der Waals surface area contributed by atoms with Crippen molar-refractivity contribution in [3.63, 3.8) is 0 Å². The molecule has 0 aliphatic heterocycles. The number of alkyl carbamates (subject to hydrolysis) is 1. The number of nitriles is 2. The Morgan fingerprint density at radius 2 is 1.91 bits per heavy atom. The molecule has 0 unspecified atom stereocenters. The van der Waals surface area contributed by atoms with E-state index in [0.29, 0.717) is 0 Å². The van der Waals surface area contributed by atoms with Gasteiger partial charge in [-0.3, -0.25) is 5.32 Å². The Bertz CT molecular complexity index is 638. The number of rotatable bonds is 4. The molecule has 1 N–H and O–H groups in total. The van der Waals surface area contributed by atoms with Gasteiger partial charge in [0.25, 0.3) is 0 Å². The summed E-state index contributed by atoms with van der Waals surface area (Å²) < 4.78 is 9.90. The van der Waals surface area contributed by atoms with Gasteiger partial charge in [0.05, 0.1) is 19.2 Å². The van der Waals surface area contributed by atoms with E-state index in [1.54, 1.807) is 49.7 Å². The molecule has 0 bridgehead atoms. The first-order valence-corrected chi connectivity index (χ1v) is 7.57. The highest BCUT2D eigenvalue weighted by molar-refractivity contribution is 7.08. The van der Waals surface area contributed by atoms with E-state index in [1.165, 1.54) is 11.3 Å². The average Bonchev–Trinajstić information content (AvgIpc) is 2.98. The second-order valence-corrected chi connectivity index (χ2v) is 6.41. The van der Waals surface area contributed by atoms with Gasteiger partial charge in [-0.1, -0.05) is 0 Å². The summed E-state index contributed by atoms with van der Waals surface area (Å²) in [6.45, 7) is 4.97.